The first-order valence-electron chi connectivity index (χ1n) is 7.54. The number of carbonyl (C=O) groups is 1. The Morgan fingerprint density at radius 1 is 1.29 bits per heavy atom. The van der Waals surface area contributed by atoms with Crippen LogP contribution in [0.1, 0.15) is 11.3 Å². The van der Waals surface area contributed by atoms with Crippen LogP contribution >= 0.6 is 0 Å². The third kappa shape index (κ3) is 3.29. The molecule has 7 nitrogen and oxygen atoms in total. The zero-order chi connectivity index (χ0) is 17.1. The normalized spacial score (nSPS) is 10.6. The summed E-state index contributed by atoms with van der Waals surface area (Å²) in [6.07, 6.45) is 1.75. The molecule has 0 saturated heterocycles. The number of pyridine rings is 1. The third-order valence-corrected chi connectivity index (χ3v) is 3.91. The Hall–Kier alpha value is -3.09. The monoisotopic (exact) mass is 325 g/mol. The lowest BCUT2D eigenvalue weighted by atomic mass is 10.2. The number of benzene rings is 1. The van der Waals surface area contributed by atoms with Crippen LogP contribution in [0.5, 0.6) is 5.88 Å². The second kappa shape index (κ2) is 6.57. The number of ether oxygens (including phenoxy) is 1. The molecule has 2 N–H and O–H groups in total. The highest BCUT2D eigenvalue weighted by molar-refractivity contribution is 5.92. The Bertz CT molecular complexity index is 888. The number of fused-ring (bicyclic) bond motifs is 1. The molecule has 0 unspecified atom stereocenters. The fourth-order valence-corrected chi connectivity index (χ4v) is 2.37. The topological polar surface area (TPSA) is 81.1 Å². The molecule has 0 radical (unpaired) electrons. The molecule has 0 aliphatic heterocycles. The van der Waals surface area contributed by atoms with Crippen molar-refractivity contribution >= 4 is 22.6 Å². The maximum Gasteiger partial charge on any atom is 0.319 e. The van der Waals surface area contributed by atoms with Crippen LogP contribution in [0.4, 0.5) is 10.5 Å². The fraction of sp³-hybridized carbons (Fsp3) is 0.235. The van der Waals surface area contributed by atoms with E-state index < -0.39 is 0 Å². The van der Waals surface area contributed by atoms with Gasteiger partial charge in [0.15, 0.2) is 0 Å². The minimum Gasteiger partial charge on any atom is -0.481 e. The van der Waals surface area contributed by atoms with Crippen LogP contribution < -0.4 is 15.4 Å². The van der Waals surface area contributed by atoms with E-state index in [9.17, 15) is 4.79 Å². The molecule has 0 saturated carbocycles. The van der Waals surface area contributed by atoms with Crippen LogP contribution in [0.25, 0.3) is 10.9 Å². The van der Waals surface area contributed by atoms with Gasteiger partial charge in [0, 0.05) is 42.0 Å². The number of aryl methyl sites for hydroxylation is 1. The Morgan fingerprint density at radius 3 is 2.83 bits per heavy atom. The van der Waals surface area contributed by atoms with E-state index in [4.69, 9.17) is 4.74 Å². The van der Waals surface area contributed by atoms with E-state index in [0.717, 1.165) is 22.2 Å². The number of anilines is 1. The van der Waals surface area contributed by atoms with Crippen molar-refractivity contribution in [3.8, 4) is 5.88 Å². The molecule has 0 atom stereocenters. The van der Waals surface area contributed by atoms with Gasteiger partial charge < -0.3 is 15.4 Å². The lowest BCUT2D eigenvalue weighted by Crippen LogP contribution is -2.28. The largest absolute Gasteiger partial charge is 0.481 e. The van der Waals surface area contributed by atoms with Crippen molar-refractivity contribution in [2.75, 3.05) is 12.4 Å². The van der Waals surface area contributed by atoms with Gasteiger partial charge in [0.1, 0.15) is 0 Å². The van der Waals surface area contributed by atoms with E-state index >= 15 is 0 Å². The number of aromatic nitrogens is 3. The maximum absolute atomic E-state index is 12.1. The maximum atomic E-state index is 12.1. The Balaban J connectivity index is 1.65. The van der Waals surface area contributed by atoms with E-state index in [1.165, 1.54) is 0 Å². The van der Waals surface area contributed by atoms with Crippen molar-refractivity contribution in [3.63, 3.8) is 0 Å². The summed E-state index contributed by atoms with van der Waals surface area (Å²) in [6, 6.07) is 8.96. The predicted octanol–water partition coefficient (Wildman–Crippen LogP) is 2.61. The molecule has 0 spiro atoms. The van der Waals surface area contributed by atoms with E-state index in [0.29, 0.717) is 18.1 Å². The predicted molar refractivity (Wildman–Crippen MR) is 92.1 cm³/mol. The van der Waals surface area contributed by atoms with Crippen molar-refractivity contribution in [1.29, 1.82) is 0 Å². The van der Waals surface area contributed by atoms with Crippen LogP contribution in [0.2, 0.25) is 0 Å². The summed E-state index contributed by atoms with van der Waals surface area (Å²) in [6.45, 7) is 2.39. The smallest absolute Gasteiger partial charge is 0.319 e. The summed E-state index contributed by atoms with van der Waals surface area (Å²) < 4.78 is 6.88. The van der Waals surface area contributed by atoms with Crippen LogP contribution in [0, 0.1) is 6.92 Å². The minimum atomic E-state index is -0.265. The summed E-state index contributed by atoms with van der Waals surface area (Å²) in [4.78, 5) is 16.4. The van der Waals surface area contributed by atoms with Gasteiger partial charge in [0.25, 0.3) is 0 Å². The molecule has 2 heterocycles. The number of methoxy groups -OCH3 is 1. The van der Waals surface area contributed by atoms with Crippen molar-refractivity contribution in [1.82, 2.24) is 20.1 Å². The van der Waals surface area contributed by atoms with Gasteiger partial charge >= 0.3 is 6.03 Å². The molecule has 3 aromatic rings. The molecule has 0 fully saturated rings. The number of hydrogen-bond donors (Lipinski definition) is 2. The lowest BCUT2D eigenvalue weighted by Gasteiger charge is -2.09. The zero-order valence-corrected chi connectivity index (χ0v) is 13.8. The zero-order valence-electron chi connectivity index (χ0n) is 13.8. The fourth-order valence-electron chi connectivity index (χ4n) is 2.37. The number of nitrogens with zero attached hydrogens (tertiary/aromatic N) is 3. The van der Waals surface area contributed by atoms with Gasteiger partial charge in [-0.15, -0.1) is 0 Å². The molecule has 0 aliphatic rings. The average Bonchev–Trinajstić information content (AvgIpc) is 2.91. The standard InChI is InChI=1S/C17H19N5O2/c1-11-13(10-19-22(11)2)9-18-17(23)20-14-5-6-15-12(8-14)4-7-16(21-15)24-3/h4-8,10H,9H2,1-3H3,(H2,18,20,23). The number of nitrogens with one attached hydrogen (secondary N) is 2. The van der Waals surface area contributed by atoms with Crippen LogP contribution in [0.15, 0.2) is 36.5 Å². The van der Waals surface area contributed by atoms with Crippen molar-refractivity contribution in [2.45, 2.75) is 13.5 Å². The van der Waals surface area contributed by atoms with Gasteiger partial charge in [0.05, 0.1) is 18.8 Å². The number of urea groups is 1. The van der Waals surface area contributed by atoms with E-state index in [1.54, 1.807) is 24.1 Å². The molecule has 0 aliphatic carbocycles. The molecule has 124 valence electrons. The third-order valence-electron chi connectivity index (χ3n) is 3.91. The van der Waals surface area contributed by atoms with Gasteiger partial charge in [-0.1, -0.05) is 0 Å². The SMILES string of the molecule is COc1ccc2cc(NC(=O)NCc3cnn(C)c3C)ccc2n1. The molecule has 1 aromatic carbocycles. The molecule has 7 heteroatoms. The first-order chi connectivity index (χ1) is 11.6. The van der Waals surface area contributed by atoms with Crippen molar-refractivity contribution in [3.05, 3.63) is 47.8 Å². The van der Waals surface area contributed by atoms with Crippen LogP contribution in [0.3, 0.4) is 0 Å². The van der Waals surface area contributed by atoms with Gasteiger partial charge in [-0.3, -0.25) is 4.68 Å². The quantitative estimate of drug-likeness (QED) is 0.772. The Kier molecular flexibility index (Phi) is 4.33. The molecular weight excluding hydrogens is 306 g/mol. The Morgan fingerprint density at radius 2 is 2.12 bits per heavy atom. The van der Waals surface area contributed by atoms with Gasteiger partial charge in [-0.25, -0.2) is 9.78 Å². The van der Waals surface area contributed by atoms with Gasteiger partial charge in [-0.05, 0) is 31.2 Å². The number of carbonyl (C=O) groups excluding carboxylic acids is 1. The van der Waals surface area contributed by atoms with Gasteiger partial charge in [0.2, 0.25) is 5.88 Å². The van der Waals surface area contributed by atoms with Gasteiger partial charge in [-0.2, -0.15) is 5.10 Å². The molecular formula is C17H19N5O2. The highest BCUT2D eigenvalue weighted by atomic mass is 16.5. The summed E-state index contributed by atoms with van der Waals surface area (Å²) >= 11 is 0. The molecule has 2 aromatic heterocycles. The first kappa shape index (κ1) is 15.8. The number of hydrogen-bond acceptors (Lipinski definition) is 4. The van der Waals surface area contributed by atoms with Crippen LogP contribution in [-0.4, -0.2) is 27.9 Å². The summed E-state index contributed by atoms with van der Waals surface area (Å²) in [7, 11) is 3.45. The first-order valence-corrected chi connectivity index (χ1v) is 7.54. The highest BCUT2D eigenvalue weighted by Gasteiger charge is 2.07. The second-order valence-corrected chi connectivity index (χ2v) is 5.45. The molecule has 0 bridgehead atoms. The van der Waals surface area contributed by atoms with E-state index in [-0.39, 0.29) is 6.03 Å². The molecule has 3 rings (SSSR count). The molecule has 2 amide bonds. The summed E-state index contributed by atoms with van der Waals surface area (Å²) in [5.41, 5.74) is 3.53. The van der Waals surface area contributed by atoms with Crippen LogP contribution in [-0.2, 0) is 13.6 Å². The number of rotatable bonds is 4. The number of amides is 2. The minimum absolute atomic E-state index is 0.265. The Labute approximate surface area is 139 Å². The van der Waals surface area contributed by atoms with Crippen molar-refractivity contribution in [2.24, 2.45) is 7.05 Å². The van der Waals surface area contributed by atoms with E-state index in [2.05, 4.69) is 20.7 Å². The molecule has 24 heavy (non-hydrogen) atoms. The summed E-state index contributed by atoms with van der Waals surface area (Å²) in [5, 5.41) is 10.7. The van der Waals surface area contributed by atoms with E-state index in [1.807, 2.05) is 38.2 Å². The van der Waals surface area contributed by atoms with Crippen molar-refractivity contribution < 1.29 is 9.53 Å². The lowest BCUT2D eigenvalue weighted by molar-refractivity contribution is 0.251. The highest BCUT2D eigenvalue weighted by Crippen LogP contribution is 2.20. The average molecular weight is 325 g/mol. The summed E-state index contributed by atoms with van der Waals surface area (Å²) in [5.74, 6) is 0.563. The second-order valence-electron chi connectivity index (χ2n) is 5.45.